The van der Waals surface area contributed by atoms with Crippen LogP contribution in [0.4, 0.5) is 22.0 Å². The number of benzene rings is 1. The molecule has 13 heteroatoms. The van der Waals surface area contributed by atoms with Crippen molar-refractivity contribution in [3.8, 4) is 5.75 Å². The molecule has 3 rings (SSSR count). The van der Waals surface area contributed by atoms with Crippen molar-refractivity contribution >= 4 is 5.97 Å². The molecule has 0 aliphatic carbocycles. The zero-order chi connectivity index (χ0) is 21.5. The van der Waals surface area contributed by atoms with Crippen LogP contribution in [-0.2, 0) is 23.7 Å². The van der Waals surface area contributed by atoms with Crippen LogP contribution < -0.4 is 4.74 Å². The number of carbonyl (C=O) groups is 1. The fraction of sp³-hybridized carbons (Fsp3) is 0.562. The molecule has 2 fully saturated rings. The maximum Gasteiger partial charge on any atom is 0.346 e. The van der Waals surface area contributed by atoms with E-state index in [2.05, 4.69) is 4.74 Å². The maximum absolute atomic E-state index is 13.5. The zero-order valence-corrected chi connectivity index (χ0v) is 14.6. The van der Waals surface area contributed by atoms with Crippen LogP contribution in [-0.4, -0.2) is 66.4 Å². The van der Waals surface area contributed by atoms with E-state index in [0.717, 1.165) is 0 Å². The lowest BCUT2D eigenvalue weighted by Crippen LogP contribution is -2.63. The Labute approximate surface area is 159 Å². The van der Waals surface area contributed by atoms with Crippen molar-refractivity contribution in [1.29, 1.82) is 0 Å². The van der Waals surface area contributed by atoms with Gasteiger partial charge < -0.3 is 33.9 Å². The summed E-state index contributed by atoms with van der Waals surface area (Å²) in [7, 11) is 0. The Morgan fingerprint density at radius 3 is 2.21 bits per heavy atom. The summed E-state index contributed by atoms with van der Waals surface area (Å²) in [4.78, 5) is 11.8. The SMILES string of the molecule is CC1OC[C@H]2OC(OC(=O)COc3c(F)c(F)c(F)c(F)c3F)[C@H](O)[C@@H](O)[C@@H]2O1. The van der Waals surface area contributed by atoms with Crippen molar-refractivity contribution in [3.05, 3.63) is 29.1 Å². The van der Waals surface area contributed by atoms with Gasteiger partial charge in [-0.15, -0.1) is 0 Å². The van der Waals surface area contributed by atoms with Gasteiger partial charge >= 0.3 is 5.97 Å². The number of fused-ring (bicyclic) bond motifs is 1. The summed E-state index contributed by atoms with van der Waals surface area (Å²) in [5.74, 6) is -14.5. The maximum atomic E-state index is 13.5. The molecule has 6 atom stereocenters. The molecule has 2 aliphatic rings. The first-order chi connectivity index (χ1) is 13.6. The van der Waals surface area contributed by atoms with Gasteiger partial charge in [0.1, 0.15) is 24.4 Å². The van der Waals surface area contributed by atoms with Crippen LogP contribution in [0, 0.1) is 29.1 Å². The molecule has 2 heterocycles. The van der Waals surface area contributed by atoms with Gasteiger partial charge in [-0.2, -0.15) is 8.78 Å². The molecular formula is C16H15F5O8. The smallest absolute Gasteiger partial charge is 0.346 e. The topological polar surface area (TPSA) is 104 Å². The van der Waals surface area contributed by atoms with E-state index in [4.69, 9.17) is 18.9 Å². The first kappa shape index (κ1) is 21.6. The second-order valence-electron chi connectivity index (χ2n) is 6.20. The summed E-state index contributed by atoms with van der Waals surface area (Å²) in [6, 6.07) is 0. The summed E-state index contributed by atoms with van der Waals surface area (Å²) < 4.78 is 91.0. The lowest BCUT2D eigenvalue weighted by atomic mass is 9.98. The summed E-state index contributed by atoms with van der Waals surface area (Å²) in [6.45, 7) is 0.224. The highest BCUT2D eigenvalue weighted by atomic mass is 19.2. The monoisotopic (exact) mass is 430 g/mol. The predicted molar refractivity (Wildman–Crippen MR) is 78.8 cm³/mol. The molecule has 0 saturated carbocycles. The molecule has 2 N–H and O–H groups in total. The summed E-state index contributed by atoms with van der Waals surface area (Å²) in [5.41, 5.74) is 0. The van der Waals surface area contributed by atoms with Crippen LogP contribution >= 0.6 is 0 Å². The van der Waals surface area contributed by atoms with Gasteiger partial charge in [-0.3, -0.25) is 0 Å². The fourth-order valence-corrected chi connectivity index (χ4v) is 2.80. The van der Waals surface area contributed by atoms with E-state index in [-0.39, 0.29) is 6.61 Å². The van der Waals surface area contributed by atoms with Crippen molar-refractivity contribution in [2.45, 2.75) is 43.9 Å². The minimum absolute atomic E-state index is 0.0509. The number of hydrogen-bond donors (Lipinski definition) is 2. The molecule has 0 aromatic heterocycles. The lowest BCUT2D eigenvalue weighted by molar-refractivity contribution is -0.350. The number of halogens is 5. The normalized spacial score (nSPS) is 31.9. The van der Waals surface area contributed by atoms with Gasteiger partial charge in [-0.1, -0.05) is 0 Å². The molecule has 0 spiro atoms. The minimum atomic E-state index is -2.39. The quantitative estimate of drug-likeness (QED) is 0.308. The molecule has 0 bridgehead atoms. The van der Waals surface area contributed by atoms with Crippen molar-refractivity contribution < 1.29 is 60.6 Å². The molecule has 0 amide bonds. The van der Waals surface area contributed by atoms with Gasteiger partial charge in [0.2, 0.25) is 35.4 Å². The third-order valence-corrected chi connectivity index (χ3v) is 4.24. The highest BCUT2D eigenvalue weighted by molar-refractivity contribution is 5.71. The average Bonchev–Trinajstić information content (AvgIpc) is 2.69. The van der Waals surface area contributed by atoms with E-state index in [9.17, 15) is 37.0 Å². The van der Waals surface area contributed by atoms with Gasteiger partial charge in [-0.25, -0.2) is 18.0 Å². The third-order valence-electron chi connectivity index (χ3n) is 4.24. The van der Waals surface area contributed by atoms with Crippen LogP contribution in [0.3, 0.4) is 0 Å². The van der Waals surface area contributed by atoms with Crippen LogP contribution in [0.5, 0.6) is 5.75 Å². The molecule has 2 aliphatic heterocycles. The number of hydrogen-bond acceptors (Lipinski definition) is 8. The lowest BCUT2D eigenvalue weighted by Gasteiger charge is -2.45. The van der Waals surface area contributed by atoms with E-state index < -0.39 is 84.4 Å². The largest absolute Gasteiger partial charge is 0.476 e. The number of esters is 1. The zero-order valence-electron chi connectivity index (χ0n) is 14.6. The molecule has 162 valence electrons. The van der Waals surface area contributed by atoms with E-state index in [1.807, 2.05) is 0 Å². The van der Waals surface area contributed by atoms with Crippen molar-refractivity contribution in [2.24, 2.45) is 0 Å². The number of ether oxygens (including phenoxy) is 5. The molecule has 1 aromatic rings. The first-order valence-electron chi connectivity index (χ1n) is 8.24. The molecule has 1 aromatic carbocycles. The fourth-order valence-electron chi connectivity index (χ4n) is 2.80. The minimum Gasteiger partial charge on any atom is -0.476 e. The number of carbonyl (C=O) groups excluding carboxylic acids is 1. The molecule has 2 saturated heterocycles. The van der Waals surface area contributed by atoms with E-state index in [1.165, 1.54) is 0 Å². The first-order valence-corrected chi connectivity index (χ1v) is 8.24. The Morgan fingerprint density at radius 2 is 1.59 bits per heavy atom. The summed E-state index contributed by atoms with van der Waals surface area (Å²) in [6.07, 6.45) is -7.53. The Bertz CT molecular complexity index is 762. The Kier molecular flexibility index (Phi) is 6.24. The number of aliphatic hydroxyl groups excluding tert-OH is 2. The molecule has 0 radical (unpaired) electrons. The molecule has 2 unspecified atom stereocenters. The van der Waals surface area contributed by atoms with Crippen LogP contribution in [0.15, 0.2) is 0 Å². The Balaban J connectivity index is 1.63. The highest BCUT2D eigenvalue weighted by Crippen LogP contribution is 2.30. The van der Waals surface area contributed by atoms with Crippen molar-refractivity contribution in [1.82, 2.24) is 0 Å². The average molecular weight is 430 g/mol. The van der Waals surface area contributed by atoms with Crippen LogP contribution in [0.25, 0.3) is 0 Å². The summed E-state index contributed by atoms with van der Waals surface area (Å²) >= 11 is 0. The van der Waals surface area contributed by atoms with E-state index >= 15 is 0 Å². The standard InChI is InChI=1S/C16H15F5O8/c1-4-25-2-5-14(27-4)12(23)13(24)16(28-5)29-6(22)3-26-15-10(20)8(18)7(17)9(19)11(15)21/h4-5,12-14,16,23-24H,2-3H2,1H3/t4?,5-,12-,13-,14-,16?/m1/s1. The number of aliphatic hydroxyl groups is 2. The van der Waals surface area contributed by atoms with Crippen molar-refractivity contribution in [3.63, 3.8) is 0 Å². The van der Waals surface area contributed by atoms with Crippen molar-refractivity contribution in [2.75, 3.05) is 13.2 Å². The van der Waals surface area contributed by atoms with Gasteiger partial charge in [0.15, 0.2) is 18.6 Å². The Morgan fingerprint density at radius 1 is 1.00 bits per heavy atom. The van der Waals surface area contributed by atoms with Crippen LogP contribution in [0.1, 0.15) is 6.92 Å². The highest BCUT2D eigenvalue weighted by Gasteiger charge is 2.49. The molecule has 29 heavy (non-hydrogen) atoms. The molecular weight excluding hydrogens is 415 g/mol. The Hall–Kier alpha value is -2.06. The van der Waals surface area contributed by atoms with Gasteiger partial charge in [0.05, 0.1) is 6.61 Å². The van der Waals surface area contributed by atoms with E-state index in [1.54, 1.807) is 6.92 Å². The van der Waals surface area contributed by atoms with Crippen LogP contribution in [0.2, 0.25) is 0 Å². The second-order valence-corrected chi connectivity index (χ2v) is 6.20. The second kappa shape index (κ2) is 8.36. The van der Waals surface area contributed by atoms with Gasteiger partial charge in [0, 0.05) is 0 Å². The van der Waals surface area contributed by atoms with Gasteiger partial charge in [0.25, 0.3) is 0 Å². The number of rotatable bonds is 4. The van der Waals surface area contributed by atoms with E-state index in [0.29, 0.717) is 0 Å². The van der Waals surface area contributed by atoms with Gasteiger partial charge in [-0.05, 0) is 6.92 Å². The third kappa shape index (κ3) is 4.14. The molecule has 8 nitrogen and oxygen atoms in total. The predicted octanol–water partition coefficient (Wildman–Crippen LogP) is 0.512. The summed E-state index contributed by atoms with van der Waals surface area (Å²) in [5, 5.41) is 20.1.